The van der Waals surface area contributed by atoms with Crippen LogP contribution in [0.5, 0.6) is 5.75 Å². The molecule has 108 valence electrons. The van der Waals surface area contributed by atoms with Crippen molar-refractivity contribution in [2.24, 2.45) is 0 Å². The van der Waals surface area contributed by atoms with Crippen molar-refractivity contribution in [2.75, 3.05) is 12.4 Å². The fourth-order valence-corrected chi connectivity index (χ4v) is 2.11. The molecule has 0 aromatic heterocycles. The maximum Gasteiger partial charge on any atom is 0.573 e. The Labute approximate surface area is 115 Å². The third-order valence-corrected chi connectivity index (χ3v) is 3.10. The number of hydrogen-bond donors (Lipinski definition) is 0. The van der Waals surface area contributed by atoms with Crippen LogP contribution in [0.2, 0.25) is 0 Å². The van der Waals surface area contributed by atoms with Gasteiger partial charge in [0.05, 0.1) is 12.7 Å². The van der Waals surface area contributed by atoms with Gasteiger partial charge in [-0.25, -0.2) is 0 Å². The molecule has 1 aromatic carbocycles. The molecule has 0 N–H and O–H groups in total. The molecule has 1 rings (SSSR count). The number of alkyl halides is 3. The van der Waals surface area contributed by atoms with E-state index in [1.165, 1.54) is 12.1 Å². The highest BCUT2D eigenvalue weighted by molar-refractivity contribution is 7.98. The molecule has 0 aliphatic carbocycles. The summed E-state index contributed by atoms with van der Waals surface area (Å²) in [6.07, 6.45) is -4.41. The topological polar surface area (TPSA) is 18.5 Å². The SMILES string of the molecule is CC(C)OCCSCc1ccc(OC(F)(F)F)cc1. The van der Waals surface area contributed by atoms with E-state index in [-0.39, 0.29) is 11.9 Å². The summed E-state index contributed by atoms with van der Waals surface area (Å²) in [6, 6.07) is 5.93. The van der Waals surface area contributed by atoms with Gasteiger partial charge in [-0.15, -0.1) is 13.2 Å². The van der Waals surface area contributed by atoms with Gasteiger partial charge in [0.25, 0.3) is 0 Å². The fraction of sp³-hybridized carbons (Fsp3) is 0.538. The summed E-state index contributed by atoms with van der Waals surface area (Å²) in [5.41, 5.74) is 0.962. The fourth-order valence-electron chi connectivity index (χ4n) is 1.32. The Kier molecular flexibility index (Phi) is 6.51. The molecule has 0 amide bonds. The van der Waals surface area contributed by atoms with Crippen LogP contribution < -0.4 is 4.74 Å². The van der Waals surface area contributed by atoms with E-state index < -0.39 is 6.36 Å². The molecule has 0 saturated heterocycles. The standard InChI is InChI=1S/C13H17F3O2S/c1-10(2)17-7-8-19-9-11-3-5-12(6-4-11)18-13(14,15)16/h3-6,10H,7-9H2,1-2H3. The minimum Gasteiger partial charge on any atom is -0.406 e. The average molecular weight is 294 g/mol. The Balaban J connectivity index is 2.28. The first-order valence-electron chi connectivity index (χ1n) is 5.91. The second kappa shape index (κ2) is 7.65. The Bertz CT molecular complexity index is 363. The van der Waals surface area contributed by atoms with Crippen molar-refractivity contribution < 1.29 is 22.6 Å². The van der Waals surface area contributed by atoms with Crippen LogP contribution in [-0.2, 0) is 10.5 Å². The molecule has 0 spiro atoms. The van der Waals surface area contributed by atoms with Crippen molar-refractivity contribution in [1.82, 2.24) is 0 Å². The van der Waals surface area contributed by atoms with Crippen molar-refractivity contribution in [3.63, 3.8) is 0 Å². The Morgan fingerprint density at radius 1 is 1.16 bits per heavy atom. The maximum atomic E-state index is 12.0. The van der Waals surface area contributed by atoms with Gasteiger partial charge in [0.2, 0.25) is 0 Å². The highest BCUT2D eigenvalue weighted by atomic mass is 32.2. The quantitative estimate of drug-likeness (QED) is 0.701. The largest absolute Gasteiger partial charge is 0.573 e. The Morgan fingerprint density at radius 2 is 1.79 bits per heavy atom. The Morgan fingerprint density at radius 3 is 2.32 bits per heavy atom. The first kappa shape index (κ1) is 16.2. The first-order valence-corrected chi connectivity index (χ1v) is 7.06. The van der Waals surface area contributed by atoms with E-state index in [2.05, 4.69) is 4.74 Å². The molecule has 0 fully saturated rings. The minimum absolute atomic E-state index is 0.190. The second-order valence-corrected chi connectivity index (χ2v) is 5.27. The van der Waals surface area contributed by atoms with Gasteiger partial charge >= 0.3 is 6.36 Å². The van der Waals surface area contributed by atoms with Gasteiger partial charge < -0.3 is 9.47 Å². The average Bonchev–Trinajstić information content (AvgIpc) is 2.28. The lowest BCUT2D eigenvalue weighted by atomic mass is 10.2. The van der Waals surface area contributed by atoms with Crippen LogP contribution in [0.1, 0.15) is 19.4 Å². The molecule has 6 heteroatoms. The molecular formula is C13H17F3O2S. The van der Waals surface area contributed by atoms with Gasteiger partial charge in [-0.2, -0.15) is 11.8 Å². The van der Waals surface area contributed by atoms with E-state index in [9.17, 15) is 13.2 Å². The number of halogens is 3. The zero-order chi connectivity index (χ0) is 14.3. The third kappa shape index (κ3) is 8.00. The van der Waals surface area contributed by atoms with Gasteiger partial charge in [-0.3, -0.25) is 0 Å². The van der Waals surface area contributed by atoms with Gasteiger partial charge in [0, 0.05) is 11.5 Å². The summed E-state index contributed by atoms with van der Waals surface area (Å²) in [7, 11) is 0. The summed E-state index contributed by atoms with van der Waals surface area (Å²) in [5, 5.41) is 0. The van der Waals surface area contributed by atoms with E-state index in [0.29, 0.717) is 6.61 Å². The summed E-state index contributed by atoms with van der Waals surface area (Å²) in [5.74, 6) is 1.41. The van der Waals surface area contributed by atoms with E-state index in [0.717, 1.165) is 17.1 Å². The summed E-state index contributed by atoms with van der Waals surface area (Å²) in [4.78, 5) is 0. The molecule has 0 atom stereocenters. The van der Waals surface area contributed by atoms with Gasteiger partial charge in [-0.05, 0) is 31.5 Å². The summed E-state index contributed by atoms with van der Waals surface area (Å²) in [6.45, 7) is 4.63. The molecule has 2 nitrogen and oxygen atoms in total. The normalized spacial score (nSPS) is 11.9. The van der Waals surface area contributed by atoms with Crippen molar-refractivity contribution >= 4 is 11.8 Å². The minimum atomic E-state index is -4.63. The van der Waals surface area contributed by atoms with Crippen LogP contribution in [-0.4, -0.2) is 24.8 Å². The molecule has 0 radical (unpaired) electrons. The number of ether oxygens (including phenoxy) is 2. The van der Waals surface area contributed by atoms with Crippen molar-refractivity contribution in [1.29, 1.82) is 0 Å². The summed E-state index contributed by atoms with van der Waals surface area (Å²) >= 11 is 1.68. The predicted molar refractivity (Wildman–Crippen MR) is 70.4 cm³/mol. The van der Waals surface area contributed by atoms with E-state index in [1.807, 2.05) is 13.8 Å². The highest BCUT2D eigenvalue weighted by Crippen LogP contribution is 2.23. The lowest BCUT2D eigenvalue weighted by Gasteiger charge is -2.09. The molecular weight excluding hydrogens is 277 g/mol. The van der Waals surface area contributed by atoms with Crippen molar-refractivity contribution in [2.45, 2.75) is 32.1 Å². The number of rotatable bonds is 7. The van der Waals surface area contributed by atoms with E-state index >= 15 is 0 Å². The Hall–Kier alpha value is -0.880. The molecule has 0 heterocycles. The first-order chi connectivity index (χ1) is 8.87. The van der Waals surface area contributed by atoms with Gasteiger partial charge in [0.15, 0.2) is 0 Å². The van der Waals surface area contributed by atoms with Crippen LogP contribution >= 0.6 is 11.8 Å². The molecule has 0 saturated carbocycles. The number of thioether (sulfide) groups is 1. The number of benzene rings is 1. The molecule has 1 aromatic rings. The molecule has 0 bridgehead atoms. The lowest BCUT2D eigenvalue weighted by molar-refractivity contribution is -0.274. The van der Waals surface area contributed by atoms with Crippen LogP contribution in [0.15, 0.2) is 24.3 Å². The van der Waals surface area contributed by atoms with Crippen molar-refractivity contribution in [3.8, 4) is 5.75 Å². The smallest absolute Gasteiger partial charge is 0.406 e. The van der Waals surface area contributed by atoms with E-state index in [1.54, 1.807) is 23.9 Å². The molecule has 0 aliphatic heterocycles. The zero-order valence-corrected chi connectivity index (χ0v) is 11.7. The number of hydrogen-bond acceptors (Lipinski definition) is 3. The van der Waals surface area contributed by atoms with Crippen molar-refractivity contribution in [3.05, 3.63) is 29.8 Å². The maximum absolute atomic E-state index is 12.0. The zero-order valence-electron chi connectivity index (χ0n) is 10.9. The van der Waals surface area contributed by atoms with E-state index in [4.69, 9.17) is 4.74 Å². The van der Waals surface area contributed by atoms with Crippen LogP contribution in [0.3, 0.4) is 0 Å². The van der Waals surface area contributed by atoms with Gasteiger partial charge in [-0.1, -0.05) is 12.1 Å². The van der Waals surface area contributed by atoms with Gasteiger partial charge in [0.1, 0.15) is 5.75 Å². The molecule has 0 unspecified atom stereocenters. The van der Waals surface area contributed by atoms with Crippen LogP contribution in [0, 0.1) is 0 Å². The molecule has 0 aliphatic rings. The predicted octanol–water partition coefficient (Wildman–Crippen LogP) is 4.24. The lowest BCUT2D eigenvalue weighted by Crippen LogP contribution is -2.16. The third-order valence-electron chi connectivity index (χ3n) is 2.10. The van der Waals surface area contributed by atoms with Crippen LogP contribution in [0.4, 0.5) is 13.2 Å². The second-order valence-electron chi connectivity index (χ2n) is 4.16. The summed E-state index contributed by atoms with van der Waals surface area (Å²) < 4.78 is 45.0. The molecule has 19 heavy (non-hydrogen) atoms. The monoisotopic (exact) mass is 294 g/mol. The van der Waals surface area contributed by atoms with Crippen LogP contribution in [0.25, 0.3) is 0 Å². The highest BCUT2D eigenvalue weighted by Gasteiger charge is 2.30.